The van der Waals surface area contributed by atoms with Crippen molar-refractivity contribution in [1.82, 2.24) is 10.2 Å². The lowest BCUT2D eigenvalue weighted by molar-refractivity contribution is -0.137. The fourth-order valence-electron chi connectivity index (χ4n) is 1.88. The molecule has 0 heterocycles. The molecular formula is C16H22N2O4. The maximum Gasteiger partial charge on any atom is 0.303 e. The molecule has 0 fully saturated rings. The summed E-state index contributed by atoms with van der Waals surface area (Å²) < 4.78 is 0. The molecule has 0 bridgehead atoms. The Bertz CT molecular complexity index is 562. The third-order valence-corrected chi connectivity index (χ3v) is 3.22. The largest absolute Gasteiger partial charge is 0.481 e. The summed E-state index contributed by atoms with van der Waals surface area (Å²) in [6, 6.07) is 6.36. The van der Waals surface area contributed by atoms with Crippen LogP contribution in [0.3, 0.4) is 0 Å². The second kappa shape index (κ2) is 7.06. The van der Waals surface area contributed by atoms with E-state index in [0.717, 1.165) is 0 Å². The van der Waals surface area contributed by atoms with Gasteiger partial charge in [-0.2, -0.15) is 0 Å². The molecule has 1 aromatic rings. The Kier molecular flexibility index (Phi) is 5.68. The normalized spacial score (nSPS) is 10.9. The molecule has 0 aliphatic rings. The third-order valence-electron chi connectivity index (χ3n) is 3.22. The number of carbonyl (C=O) groups is 3. The van der Waals surface area contributed by atoms with Crippen LogP contribution in [0, 0.1) is 0 Å². The van der Waals surface area contributed by atoms with E-state index in [9.17, 15) is 14.4 Å². The molecule has 6 heteroatoms. The number of amides is 2. The quantitative estimate of drug-likeness (QED) is 0.838. The summed E-state index contributed by atoms with van der Waals surface area (Å²) in [7, 11) is 3.32. The van der Waals surface area contributed by atoms with Crippen LogP contribution < -0.4 is 5.32 Å². The lowest BCUT2D eigenvalue weighted by Gasteiger charge is -2.25. The maximum absolute atomic E-state index is 12.2. The van der Waals surface area contributed by atoms with Gasteiger partial charge < -0.3 is 15.3 Å². The fourth-order valence-corrected chi connectivity index (χ4v) is 1.88. The van der Waals surface area contributed by atoms with Gasteiger partial charge in [0.1, 0.15) is 0 Å². The second-order valence-corrected chi connectivity index (χ2v) is 6.01. The molecule has 2 N–H and O–H groups in total. The van der Waals surface area contributed by atoms with Gasteiger partial charge in [-0.1, -0.05) is 0 Å². The van der Waals surface area contributed by atoms with Crippen LogP contribution >= 0.6 is 0 Å². The summed E-state index contributed by atoms with van der Waals surface area (Å²) in [6.07, 6.45) is 0.328. The number of aliphatic carboxylic acids is 1. The summed E-state index contributed by atoms with van der Waals surface area (Å²) in [4.78, 5) is 36.0. The van der Waals surface area contributed by atoms with E-state index in [1.807, 2.05) is 0 Å². The van der Waals surface area contributed by atoms with E-state index in [-0.39, 0.29) is 18.2 Å². The van der Waals surface area contributed by atoms with Gasteiger partial charge in [-0.15, -0.1) is 0 Å². The SMILES string of the molecule is CN(C)C(=O)c1ccc(C(=O)NC(C)(C)CCC(=O)O)cc1. The molecule has 0 aromatic heterocycles. The minimum atomic E-state index is -0.895. The number of nitrogens with one attached hydrogen (secondary N) is 1. The lowest BCUT2D eigenvalue weighted by Crippen LogP contribution is -2.43. The topological polar surface area (TPSA) is 86.7 Å². The van der Waals surface area contributed by atoms with Crippen LogP contribution in [-0.2, 0) is 4.79 Å². The Hall–Kier alpha value is -2.37. The van der Waals surface area contributed by atoms with Gasteiger partial charge in [0.25, 0.3) is 11.8 Å². The molecule has 0 radical (unpaired) electrons. The number of benzene rings is 1. The van der Waals surface area contributed by atoms with E-state index in [1.54, 1.807) is 52.2 Å². The van der Waals surface area contributed by atoms with Crippen molar-refractivity contribution in [2.75, 3.05) is 14.1 Å². The van der Waals surface area contributed by atoms with Crippen molar-refractivity contribution < 1.29 is 19.5 Å². The predicted octanol–water partition coefficient (Wildman–Crippen LogP) is 1.76. The first-order valence-corrected chi connectivity index (χ1v) is 6.98. The molecule has 0 saturated carbocycles. The molecule has 0 atom stereocenters. The number of hydrogen-bond donors (Lipinski definition) is 2. The Labute approximate surface area is 130 Å². The minimum absolute atomic E-state index is 0.0104. The van der Waals surface area contributed by atoms with Gasteiger partial charge >= 0.3 is 5.97 Å². The van der Waals surface area contributed by atoms with Gasteiger partial charge in [0.15, 0.2) is 0 Å². The van der Waals surface area contributed by atoms with Crippen LogP contribution in [0.4, 0.5) is 0 Å². The van der Waals surface area contributed by atoms with Crippen molar-refractivity contribution >= 4 is 17.8 Å². The van der Waals surface area contributed by atoms with Crippen LogP contribution in [0.15, 0.2) is 24.3 Å². The highest BCUT2D eigenvalue weighted by molar-refractivity contribution is 5.97. The Balaban J connectivity index is 2.74. The molecule has 1 rings (SSSR count). The molecule has 2 amide bonds. The van der Waals surface area contributed by atoms with Crippen LogP contribution in [0.1, 0.15) is 47.4 Å². The Morgan fingerprint density at radius 1 is 1.09 bits per heavy atom. The average Bonchev–Trinajstić information content (AvgIpc) is 2.44. The second-order valence-electron chi connectivity index (χ2n) is 6.01. The van der Waals surface area contributed by atoms with Crippen molar-refractivity contribution in [2.45, 2.75) is 32.2 Å². The van der Waals surface area contributed by atoms with Gasteiger partial charge in [-0.25, -0.2) is 0 Å². The van der Waals surface area contributed by atoms with E-state index >= 15 is 0 Å². The van der Waals surface area contributed by atoms with Gasteiger partial charge in [0.2, 0.25) is 0 Å². The molecular weight excluding hydrogens is 284 g/mol. The Morgan fingerprint density at radius 2 is 1.59 bits per heavy atom. The standard InChI is InChI=1S/C16H22N2O4/c1-16(2,10-9-13(19)20)17-14(21)11-5-7-12(8-6-11)15(22)18(3)4/h5-8H,9-10H2,1-4H3,(H,17,21)(H,19,20). The van der Waals surface area contributed by atoms with E-state index in [0.29, 0.717) is 17.5 Å². The number of rotatable bonds is 6. The molecule has 22 heavy (non-hydrogen) atoms. The number of carboxylic acids is 1. The summed E-state index contributed by atoms with van der Waals surface area (Å²) >= 11 is 0. The highest BCUT2D eigenvalue weighted by atomic mass is 16.4. The van der Waals surface area contributed by atoms with E-state index < -0.39 is 11.5 Å². The highest BCUT2D eigenvalue weighted by Gasteiger charge is 2.22. The minimum Gasteiger partial charge on any atom is -0.481 e. The molecule has 120 valence electrons. The number of hydrogen-bond acceptors (Lipinski definition) is 3. The monoisotopic (exact) mass is 306 g/mol. The number of carboxylic acid groups (broad SMARTS) is 1. The maximum atomic E-state index is 12.2. The zero-order valence-electron chi connectivity index (χ0n) is 13.3. The first-order chi connectivity index (χ1) is 10.1. The predicted molar refractivity (Wildman–Crippen MR) is 82.9 cm³/mol. The van der Waals surface area contributed by atoms with Crippen molar-refractivity contribution in [3.63, 3.8) is 0 Å². The van der Waals surface area contributed by atoms with Crippen LogP contribution in [-0.4, -0.2) is 47.4 Å². The van der Waals surface area contributed by atoms with Crippen molar-refractivity contribution in [3.05, 3.63) is 35.4 Å². The molecule has 0 aliphatic carbocycles. The summed E-state index contributed by atoms with van der Waals surface area (Å²) in [5.74, 6) is -1.32. The first-order valence-electron chi connectivity index (χ1n) is 6.98. The third kappa shape index (κ3) is 5.20. The van der Waals surface area contributed by atoms with Crippen LogP contribution in [0.2, 0.25) is 0 Å². The van der Waals surface area contributed by atoms with Crippen molar-refractivity contribution in [1.29, 1.82) is 0 Å². The fraction of sp³-hybridized carbons (Fsp3) is 0.438. The molecule has 0 unspecified atom stereocenters. The number of nitrogens with zero attached hydrogens (tertiary/aromatic N) is 1. The molecule has 0 saturated heterocycles. The number of carbonyl (C=O) groups excluding carboxylic acids is 2. The molecule has 0 aliphatic heterocycles. The highest BCUT2D eigenvalue weighted by Crippen LogP contribution is 2.13. The van der Waals surface area contributed by atoms with Crippen molar-refractivity contribution in [2.24, 2.45) is 0 Å². The van der Waals surface area contributed by atoms with Gasteiger partial charge in [-0.3, -0.25) is 14.4 Å². The van der Waals surface area contributed by atoms with Crippen LogP contribution in [0.5, 0.6) is 0 Å². The van der Waals surface area contributed by atoms with Gasteiger partial charge in [0.05, 0.1) is 0 Å². The first kappa shape index (κ1) is 17.7. The zero-order valence-corrected chi connectivity index (χ0v) is 13.3. The summed E-state index contributed by atoms with van der Waals surface area (Å²) in [5.41, 5.74) is 0.318. The Morgan fingerprint density at radius 3 is 2.05 bits per heavy atom. The summed E-state index contributed by atoms with van der Waals surface area (Å²) in [5, 5.41) is 11.5. The average molecular weight is 306 g/mol. The molecule has 1 aromatic carbocycles. The van der Waals surface area contributed by atoms with Gasteiger partial charge in [-0.05, 0) is 44.5 Å². The smallest absolute Gasteiger partial charge is 0.303 e. The molecule has 0 spiro atoms. The lowest BCUT2D eigenvalue weighted by atomic mass is 9.97. The zero-order chi connectivity index (χ0) is 16.9. The van der Waals surface area contributed by atoms with E-state index in [2.05, 4.69) is 5.32 Å². The van der Waals surface area contributed by atoms with Crippen molar-refractivity contribution in [3.8, 4) is 0 Å². The van der Waals surface area contributed by atoms with E-state index in [1.165, 1.54) is 4.90 Å². The van der Waals surface area contributed by atoms with Gasteiger partial charge in [0, 0.05) is 37.2 Å². The summed E-state index contributed by atoms with van der Waals surface area (Å²) in [6.45, 7) is 3.55. The van der Waals surface area contributed by atoms with E-state index in [4.69, 9.17) is 5.11 Å². The molecule has 6 nitrogen and oxygen atoms in total. The van der Waals surface area contributed by atoms with Crippen LogP contribution in [0.25, 0.3) is 0 Å².